The highest BCUT2D eigenvalue weighted by molar-refractivity contribution is 5.78. The fraction of sp³-hybridized carbons (Fsp3) is 0.500. The van der Waals surface area contributed by atoms with Crippen molar-refractivity contribution in [3.63, 3.8) is 0 Å². The third-order valence-electron chi connectivity index (χ3n) is 5.39. The summed E-state index contributed by atoms with van der Waals surface area (Å²) in [6, 6.07) is 8.23. The molecule has 4 rings (SSSR count). The molecule has 2 heterocycles. The van der Waals surface area contributed by atoms with Gasteiger partial charge in [-0.25, -0.2) is 0 Å². The van der Waals surface area contributed by atoms with Gasteiger partial charge in [0.1, 0.15) is 11.6 Å². The Morgan fingerprint density at radius 1 is 1.27 bits per heavy atom. The van der Waals surface area contributed by atoms with E-state index in [4.69, 9.17) is 4.42 Å². The molecular weight excluding hydrogens is 278 g/mol. The molecule has 0 bridgehead atoms. The van der Waals surface area contributed by atoms with E-state index in [0.717, 1.165) is 30.4 Å². The van der Waals surface area contributed by atoms with E-state index in [-0.39, 0.29) is 6.04 Å². The number of hydrogen-bond acceptors (Lipinski definition) is 3. The van der Waals surface area contributed by atoms with Crippen LogP contribution in [0.4, 0.5) is 0 Å². The van der Waals surface area contributed by atoms with Crippen LogP contribution in [0.1, 0.15) is 37.7 Å². The topological polar surface area (TPSA) is 53.7 Å². The molecule has 116 valence electrons. The fourth-order valence-electron chi connectivity index (χ4n) is 4.35. The summed E-state index contributed by atoms with van der Waals surface area (Å²) in [5, 5.41) is 10.7. The minimum Gasteiger partial charge on any atom is -0.480 e. The average molecular weight is 299 g/mol. The van der Waals surface area contributed by atoms with Crippen molar-refractivity contribution in [1.29, 1.82) is 0 Å². The number of nitrogens with zero attached hydrogens (tertiary/aromatic N) is 1. The number of aliphatic carboxylic acids is 1. The molecule has 0 radical (unpaired) electrons. The van der Waals surface area contributed by atoms with Gasteiger partial charge >= 0.3 is 5.97 Å². The number of carboxylic acid groups (broad SMARTS) is 1. The van der Waals surface area contributed by atoms with Crippen LogP contribution < -0.4 is 0 Å². The maximum Gasteiger partial charge on any atom is 0.320 e. The summed E-state index contributed by atoms with van der Waals surface area (Å²) in [5.74, 6) is -0.105. The maximum atomic E-state index is 11.7. The lowest BCUT2D eigenvalue weighted by atomic mass is 9.84. The quantitative estimate of drug-likeness (QED) is 0.940. The summed E-state index contributed by atoms with van der Waals surface area (Å²) in [7, 11) is 0. The molecule has 22 heavy (non-hydrogen) atoms. The van der Waals surface area contributed by atoms with Gasteiger partial charge in [-0.1, -0.05) is 18.9 Å². The van der Waals surface area contributed by atoms with Gasteiger partial charge in [-0.15, -0.1) is 0 Å². The van der Waals surface area contributed by atoms with Gasteiger partial charge in [0.2, 0.25) is 0 Å². The van der Waals surface area contributed by atoms with E-state index in [1.807, 2.05) is 12.1 Å². The Morgan fingerprint density at radius 3 is 3.00 bits per heavy atom. The highest BCUT2D eigenvalue weighted by Gasteiger charge is 2.44. The van der Waals surface area contributed by atoms with Gasteiger partial charge in [0.15, 0.2) is 0 Å². The lowest BCUT2D eigenvalue weighted by molar-refractivity contribution is -0.142. The molecule has 2 aromatic rings. The Labute approximate surface area is 129 Å². The second kappa shape index (κ2) is 5.43. The first-order valence-corrected chi connectivity index (χ1v) is 8.17. The lowest BCUT2D eigenvalue weighted by Gasteiger charge is -2.33. The number of carbonyl (C=O) groups is 1. The molecule has 1 saturated carbocycles. The van der Waals surface area contributed by atoms with Crippen LogP contribution in [0.15, 0.2) is 34.9 Å². The van der Waals surface area contributed by atoms with Crippen molar-refractivity contribution in [3.8, 4) is 0 Å². The SMILES string of the molecule is O=C(O)C1CC2CCCCC2N1Cc1ccc2occc2c1. The van der Waals surface area contributed by atoms with Crippen LogP contribution in [-0.2, 0) is 11.3 Å². The van der Waals surface area contributed by atoms with Gasteiger partial charge < -0.3 is 9.52 Å². The number of likely N-dealkylation sites (tertiary alicyclic amines) is 1. The lowest BCUT2D eigenvalue weighted by Crippen LogP contribution is -2.41. The molecule has 0 spiro atoms. The predicted octanol–water partition coefficient (Wildman–Crippen LogP) is 3.65. The summed E-state index contributed by atoms with van der Waals surface area (Å²) < 4.78 is 5.38. The third kappa shape index (κ3) is 2.31. The molecule has 3 unspecified atom stereocenters. The molecule has 4 heteroatoms. The Balaban J connectivity index is 1.61. The van der Waals surface area contributed by atoms with Crippen LogP contribution in [0, 0.1) is 5.92 Å². The van der Waals surface area contributed by atoms with E-state index in [1.165, 1.54) is 24.8 Å². The molecule has 3 atom stereocenters. The number of furan rings is 1. The minimum absolute atomic E-state index is 0.326. The highest BCUT2D eigenvalue weighted by Crippen LogP contribution is 2.40. The summed E-state index contributed by atoms with van der Waals surface area (Å²) in [6.07, 6.45) is 7.32. The van der Waals surface area contributed by atoms with Crippen molar-refractivity contribution in [1.82, 2.24) is 4.90 Å². The molecule has 2 aliphatic rings. The zero-order valence-corrected chi connectivity index (χ0v) is 12.6. The van der Waals surface area contributed by atoms with Gasteiger partial charge in [0.05, 0.1) is 6.26 Å². The molecule has 1 saturated heterocycles. The number of fused-ring (bicyclic) bond motifs is 2. The van der Waals surface area contributed by atoms with E-state index in [2.05, 4.69) is 17.0 Å². The van der Waals surface area contributed by atoms with Crippen LogP contribution in [-0.4, -0.2) is 28.1 Å². The molecule has 1 aromatic carbocycles. The van der Waals surface area contributed by atoms with Crippen molar-refractivity contribution in [2.75, 3.05) is 0 Å². The van der Waals surface area contributed by atoms with Crippen molar-refractivity contribution in [2.24, 2.45) is 5.92 Å². The monoisotopic (exact) mass is 299 g/mol. The second-order valence-electron chi connectivity index (χ2n) is 6.67. The normalized spacial score (nSPS) is 28.8. The maximum absolute atomic E-state index is 11.7. The summed E-state index contributed by atoms with van der Waals surface area (Å²) >= 11 is 0. The van der Waals surface area contributed by atoms with Gasteiger partial charge in [-0.3, -0.25) is 9.69 Å². The Hall–Kier alpha value is -1.81. The average Bonchev–Trinajstić information content (AvgIpc) is 3.12. The zero-order chi connectivity index (χ0) is 15.1. The number of benzene rings is 1. The predicted molar refractivity (Wildman–Crippen MR) is 83.5 cm³/mol. The molecule has 0 amide bonds. The van der Waals surface area contributed by atoms with Crippen LogP contribution in [0.3, 0.4) is 0 Å². The van der Waals surface area contributed by atoms with Crippen LogP contribution >= 0.6 is 0 Å². The first-order chi connectivity index (χ1) is 10.7. The van der Waals surface area contributed by atoms with Gasteiger partial charge in [-0.05, 0) is 48.9 Å². The molecular formula is C18H21NO3. The first-order valence-electron chi connectivity index (χ1n) is 8.17. The Kier molecular flexibility index (Phi) is 3.41. The van der Waals surface area contributed by atoms with Gasteiger partial charge in [-0.2, -0.15) is 0 Å². The smallest absolute Gasteiger partial charge is 0.320 e. The van der Waals surface area contributed by atoms with E-state index >= 15 is 0 Å². The van der Waals surface area contributed by atoms with Crippen molar-refractivity contribution >= 4 is 16.9 Å². The van der Waals surface area contributed by atoms with Crippen LogP contribution in [0.5, 0.6) is 0 Å². The fourth-order valence-corrected chi connectivity index (χ4v) is 4.35. The van der Waals surface area contributed by atoms with Crippen molar-refractivity contribution in [2.45, 2.75) is 50.7 Å². The van der Waals surface area contributed by atoms with Gasteiger partial charge in [0, 0.05) is 18.0 Å². The van der Waals surface area contributed by atoms with Crippen LogP contribution in [0.2, 0.25) is 0 Å². The zero-order valence-electron chi connectivity index (χ0n) is 12.6. The number of carboxylic acids is 1. The summed E-state index contributed by atoms with van der Waals surface area (Å²) in [4.78, 5) is 13.9. The van der Waals surface area contributed by atoms with E-state index in [1.54, 1.807) is 6.26 Å². The minimum atomic E-state index is -0.668. The highest BCUT2D eigenvalue weighted by atomic mass is 16.4. The molecule has 1 aromatic heterocycles. The third-order valence-corrected chi connectivity index (χ3v) is 5.39. The van der Waals surface area contributed by atoms with Crippen molar-refractivity contribution in [3.05, 3.63) is 36.1 Å². The van der Waals surface area contributed by atoms with E-state index in [0.29, 0.717) is 12.0 Å². The molecule has 1 N–H and O–H groups in total. The molecule has 1 aliphatic carbocycles. The summed E-state index contributed by atoms with van der Waals surface area (Å²) in [5.41, 5.74) is 2.06. The summed E-state index contributed by atoms with van der Waals surface area (Å²) in [6.45, 7) is 0.721. The number of rotatable bonds is 3. The second-order valence-corrected chi connectivity index (χ2v) is 6.67. The standard InChI is InChI=1S/C18H21NO3/c20-18(21)16-10-13-3-1-2-4-15(13)19(16)11-12-5-6-17-14(9-12)7-8-22-17/h5-9,13,15-16H,1-4,10-11H2,(H,20,21). The Bertz CT molecular complexity index is 692. The Morgan fingerprint density at radius 2 is 2.14 bits per heavy atom. The number of hydrogen-bond donors (Lipinski definition) is 1. The van der Waals surface area contributed by atoms with E-state index < -0.39 is 5.97 Å². The first kappa shape index (κ1) is 13.8. The molecule has 1 aliphatic heterocycles. The molecule has 2 fully saturated rings. The van der Waals surface area contributed by atoms with Crippen molar-refractivity contribution < 1.29 is 14.3 Å². The van der Waals surface area contributed by atoms with Crippen LogP contribution in [0.25, 0.3) is 11.0 Å². The van der Waals surface area contributed by atoms with Gasteiger partial charge in [0.25, 0.3) is 0 Å². The van der Waals surface area contributed by atoms with E-state index in [9.17, 15) is 9.90 Å². The molecule has 4 nitrogen and oxygen atoms in total. The largest absolute Gasteiger partial charge is 0.480 e.